The van der Waals surface area contributed by atoms with Crippen LogP contribution in [0.25, 0.3) is 99.1 Å². The molecule has 11 aromatic rings. The molecule has 0 aliphatic carbocycles. The zero-order chi connectivity index (χ0) is 31.3. The van der Waals surface area contributed by atoms with Crippen LogP contribution in [0, 0.1) is 0 Å². The highest BCUT2D eigenvalue weighted by Gasteiger charge is 2.26. The van der Waals surface area contributed by atoms with Crippen LogP contribution in [-0.4, -0.2) is 18.9 Å². The van der Waals surface area contributed by atoms with E-state index >= 15 is 0 Å². The van der Waals surface area contributed by atoms with Gasteiger partial charge in [0.05, 0.1) is 22.2 Å². The Labute approximate surface area is 275 Å². The molecule has 0 aliphatic rings. The molecule has 4 heteroatoms. The minimum absolute atomic E-state index is 0.701. The lowest BCUT2D eigenvalue weighted by atomic mass is 10.00. The van der Waals surface area contributed by atoms with E-state index in [9.17, 15) is 0 Å². The Morgan fingerprint density at radius 1 is 0.417 bits per heavy atom. The quantitative estimate of drug-likeness (QED) is 0.199. The molecule has 0 N–H and O–H groups in total. The first-order chi connectivity index (χ1) is 23.8. The third-order valence-electron chi connectivity index (χ3n) is 10.0. The standard InChI is InChI=1S/C44H26N4/c1-2-13-28(14-3-1)36-26-39(46-43(45-36)31-23-22-27-12-4-5-15-29(27)24-31)47-37-20-10-9-19-34(37)41-35-25-30-16-6-7-17-32(30)40-33-18-8-11-21-38(33)48(42(35)40)44(41)47/h1-26H. The maximum absolute atomic E-state index is 5.39. The maximum atomic E-state index is 5.39. The highest BCUT2D eigenvalue weighted by atomic mass is 15.2. The van der Waals surface area contributed by atoms with Gasteiger partial charge in [-0.15, -0.1) is 0 Å². The molecule has 0 atom stereocenters. The van der Waals surface area contributed by atoms with Gasteiger partial charge in [0, 0.05) is 44.1 Å². The van der Waals surface area contributed by atoms with Crippen LogP contribution in [-0.2, 0) is 0 Å². The summed E-state index contributed by atoms with van der Waals surface area (Å²) < 4.78 is 4.83. The van der Waals surface area contributed by atoms with Crippen molar-refractivity contribution in [2.75, 3.05) is 0 Å². The number of benzene rings is 7. The zero-order valence-corrected chi connectivity index (χ0v) is 25.8. The van der Waals surface area contributed by atoms with Gasteiger partial charge >= 0.3 is 0 Å². The summed E-state index contributed by atoms with van der Waals surface area (Å²) in [6.45, 7) is 0. The van der Waals surface area contributed by atoms with Crippen LogP contribution in [0.15, 0.2) is 158 Å². The fourth-order valence-corrected chi connectivity index (χ4v) is 7.95. The number of fused-ring (bicyclic) bond motifs is 11. The summed E-state index contributed by atoms with van der Waals surface area (Å²) in [4.78, 5) is 10.6. The predicted molar refractivity (Wildman–Crippen MR) is 199 cm³/mol. The van der Waals surface area contributed by atoms with Gasteiger partial charge in [-0.05, 0) is 45.8 Å². The first-order valence-corrected chi connectivity index (χ1v) is 16.3. The molecule has 11 rings (SSSR count). The Balaban J connectivity index is 1.32. The predicted octanol–water partition coefficient (Wildman–Crippen LogP) is 11.2. The second-order valence-corrected chi connectivity index (χ2v) is 12.6. The van der Waals surface area contributed by atoms with Crippen LogP contribution in [0.4, 0.5) is 0 Å². The van der Waals surface area contributed by atoms with Crippen molar-refractivity contribution < 1.29 is 0 Å². The number of nitrogens with zero attached hydrogens (tertiary/aromatic N) is 4. The Bertz CT molecular complexity index is 3060. The van der Waals surface area contributed by atoms with Crippen molar-refractivity contribution >= 4 is 70.7 Å². The first kappa shape index (κ1) is 25.6. The lowest BCUT2D eigenvalue weighted by molar-refractivity contribution is 1.03. The molecule has 0 radical (unpaired) electrons. The molecular weight excluding hydrogens is 585 g/mol. The average Bonchev–Trinajstić information content (AvgIpc) is 3.79. The van der Waals surface area contributed by atoms with Crippen molar-refractivity contribution in [1.29, 1.82) is 0 Å². The molecule has 0 fully saturated rings. The highest BCUT2D eigenvalue weighted by molar-refractivity contribution is 6.34. The second kappa shape index (κ2) is 9.50. The van der Waals surface area contributed by atoms with Gasteiger partial charge in [-0.25, -0.2) is 9.97 Å². The van der Waals surface area contributed by atoms with Gasteiger partial charge in [-0.2, -0.15) is 0 Å². The Morgan fingerprint density at radius 2 is 1.08 bits per heavy atom. The smallest absolute Gasteiger partial charge is 0.162 e. The van der Waals surface area contributed by atoms with Crippen molar-refractivity contribution in [3.05, 3.63) is 158 Å². The summed E-state index contributed by atoms with van der Waals surface area (Å²) in [5.41, 5.74) is 7.62. The van der Waals surface area contributed by atoms with E-state index in [1.54, 1.807) is 0 Å². The highest BCUT2D eigenvalue weighted by Crippen LogP contribution is 2.46. The summed E-state index contributed by atoms with van der Waals surface area (Å²) in [5, 5.41) is 11.2. The third kappa shape index (κ3) is 3.43. The monoisotopic (exact) mass is 610 g/mol. The summed E-state index contributed by atoms with van der Waals surface area (Å²) in [6.07, 6.45) is 0. The van der Waals surface area contributed by atoms with Crippen LogP contribution in [0.2, 0.25) is 0 Å². The molecule has 7 aromatic carbocycles. The van der Waals surface area contributed by atoms with Crippen LogP contribution in [0.5, 0.6) is 0 Å². The van der Waals surface area contributed by atoms with Crippen molar-refractivity contribution in [1.82, 2.24) is 18.9 Å². The van der Waals surface area contributed by atoms with Crippen molar-refractivity contribution in [2.45, 2.75) is 0 Å². The normalized spacial score (nSPS) is 12.2. The van der Waals surface area contributed by atoms with Crippen molar-refractivity contribution in [3.8, 4) is 28.5 Å². The SMILES string of the molecule is c1ccc(-c2cc(-n3c4ccccc4c4c5cc6ccccc6c6c7ccccc7n(c56)c43)nc(-c3ccc4ccccc4c3)n2)cc1. The Hall–Kier alpha value is -6.52. The number of hydrogen-bond donors (Lipinski definition) is 0. The number of aromatic nitrogens is 4. The fourth-order valence-electron chi connectivity index (χ4n) is 7.95. The van der Waals surface area contributed by atoms with Gasteiger partial charge in [-0.1, -0.05) is 127 Å². The van der Waals surface area contributed by atoms with Gasteiger partial charge in [0.2, 0.25) is 0 Å². The van der Waals surface area contributed by atoms with Gasteiger partial charge in [-0.3, -0.25) is 8.97 Å². The molecule has 4 aromatic heterocycles. The molecule has 0 bridgehead atoms. The van der Waals surface area contributed by atoms with Crippen molar-refractivity contribution in [3.63, 3.8) is 0 Å². The number of rotatable bonds is 3. The van der Waals surface area contributed by atoms with Gasteiger partial charge < -0.3 is 0 Å². The van der Waals surface area contributed by atoms with E-state index in [0.29, 0.717) is 5.82 Å². The molecule has 4 heterocycles. The van der Waals surface area contributed by atoms with Crippen LogP contribution < -0.4 is 0 Å². The lowest BCUT2D eigenvalue weighted by Gasteiger charge is -2.12. The number of hydrogen-bond acceptors (Lipinski definition) is 2. The molecule has 0 unspecified atom stereocenters. The molecule has 0 saturated heterocycles. The first-order valence-electron chi connectivity index (χ1n) is 16.3. The minimum atomic E-state index is 0.701. The van der Waals surface area contributed by atoms with E-state index in [2.05, 4.69) is 161 Å². The van der Waals surface area contributed by atoms with E-state index in [-0.39, 0.29) is 0 Å². The lowest BCUT2D eigenvalue weighted by Crippen LogP contribution is -2.03. The number of para-hydroxylation sites is 2. The maximum Gasteiger partial charge on any atom is 0.162 e. The van der Waals surface area contributed by atoms with Crippen LogP contribution in [0.3, 0.4) is 0 Å². The second-order valence-electron chi connectivity index (χ2n) is 12.6. The summed E-state index contributed by atoms with van der Waals surface area (Å²) in [6, 6.07) is 56.2. The third-order valence-corrected chi connectivity index (χ3v) is 10.0. The molecular formula is C44H26N4. The van der Waals surface area contributed by atoms with E-state index in [1.165, 1.54) is 59.5 Å². The molecule has 0 spiro atoms. The van der Waals surface area contributed by atoms with Crippen LogP contribution >= 0.6 is 0 Å². The summed E-state index contributed by atoms with van der Waals surface area (Å²) in [5.74, 6) is 1.54. The minimum Gasteiger partial charge on any atom is -0.294 e. The van der Waals surface area contributed by atoms with Crippen LogP contribution in [0.1, 0.15) is 0 Å². The van der Waals surface area contributed by atoms with Gasteiger partial charge in [0.15, 0.2) is 5.82 Å². The van der Waals surface area contributed by atoms with Gasteiger partial charge in [0.25, 0.3) is 0 Å². The summed E-state index contributed by atoms with van der Waals surface area (Å²) >= 11 is 0. The molecule has 48 heavy (non-hydrogen) atoms. The molecule has 0 saturated carbocycles. The molecule has 222 valence electrons. The topological polar surface area (TPSA) is 35.1 Å². The van der Waals surface area contributed by atoms with E-state index in [4.69, 9.17) is 9.97 Å². The van der Waals surface area contributed by atoms with E-state index in [1.807, 2.05) is 6.07 Å². The fraction of sp³-hybridized carbons (Fsp3) is 0. The van der Waals surface area contributed by atoms with E-state index < -0.39 is 0 Å². The Morgan fingerprint density at radius 3 is 1.92 bits per heavy atom. The van der Waals surface area contributed by atoms with Gasteiger partial charge in [0.1, 0.15) is 11.5 Å². The largest absolute Gasteiger partial charge is 0.294 e. The molecule has 0 aliphatic heterocycles. The zero-order valence-electron chi connectivity index (χ0n) is 25.8. The summed E-state index contributed by atoms with van der Waals surface area (Å²) in [7, 11) is 0. The molecule has 0 amide bonds. The Kier molecular flexibility index (Phi) is 5.08. The van der Waals surface area contributed by atoms with Crippen molar-refractivity contribution in [2.24, 2.45) is 0 Å². The van der Waals surface area contributed by atoms with E-state index in [0.717, 1.165) is 33.8 Å². The molecule has 4 nitrogen and oxygen atoms in total. The average molecular weight is 611 g/mol.